The van der Waals surface area contributed by atoms with Crippen LogP contribution in [-0.2, 0) is 9.47 Å². The van der Waals surface area contributed by atoms with Gasteiger partial charge in [0.15, 0.2) is 0 Å². The van der Waals surface area contributed by atoms with E-state index in [1.165, 1.54) is 25.0 Å². The third-order valence-corrected chi connectivity index (χ3v) is 4.31. The lowest BCUT2D eigenvalue weighted by Crippen LogP contribution is -2.35. The highest BCUT2D eigenvalue weighted by molar-refractivity contribution is 7.99. The number of thioether (sulfide) groups is 1. The summed E-state index contributed by atoms with van der Waals surface area (Å²) in [6.45, 7) is 5.84. The quantitative estimate of drug-likeness (QED) is 0.589. The summed E-state index contributed by atoms with van der Waals surface area (Å²) in [5, 5.41) is 13.8. The molecule has 0 bridgehead atoms. The van der Waals surface area contributed by atoms with Crippen LogP contribution in [0.3, 0.4) is 0 Å². The molecule has 2 atom stereocenters. The Balaban J connectivity index is 1.88. The van der Waals surface area contributed by atoms with Gasteiger partial charge in [-0.2, -0.15) is 11.8 Å². The van der Waals surface area contributed by atoms with Gasteiger partial charge in [-0.3, -0.25) is 0 Å². The maximum atomic E-state index is 9.70. The van der Waals surface area contributed by atoms with Crippen molar-refractivity contribution in [3.05, 3.63) is 0 Å². The summed E-state index contributed by atoms with van der Waals surface area (Å²) in [5.74, 6) is 1.29. The minimum atomic E-state index is -0.416. The number of nitrogens with one attached hydrogen (secondary N) is 1. The molecule has 18 heavy (non-hydrogen) atoms. The zero-order valence-electron chi connectivity index (χ0n) is 11.4. The van der Waals surface area contributed by atoms with E-state index in [-0.39, 0.29) is 0 Å². The van der Waals surface area contributed by atoms with E-state index in [2.05, 4.69) is 5.32 Å². The minimum absolute atomic E-state index is 0.387. The van der Waals surface area contributed by atoms with Crippen molar-refractivity contribution < 1.29 is 14.6 Å². The number of rotatable bonds is 10. The van der Waals surface area contributed by atoms with Crippen molar-refractivity contribution in [3.8, 4) is 0 Å². The van der Waals surface area contributed by atoms with E-state index in [9.17, 15) is 5.11 Å². The summed E-state index contributed by atoms with van der Waals surface area (Å²) in [6.07, 6.45) is 3.60. The second-order valence-corrected chi connectivity index (χ2v) is 5.98. The first-order valence-corrected chi connectivity index (χ1v) is 8.03. The highest BCUT2D eigenvalue weighted by Crippen LogP contribution is 2.24. The van der Waals surface area contributed by atoms with Gasteiger partial charge in [0.2, 0.25) is 0 Å². The molecule has 1 saturated heterocycles. The highest BCUT2D eigenvalue weighted by Gasteiger charge is 2.13. The van der Waals surface area contributed by atoms with E-state index in [4.69, 9.17) is 9.47 Å². The number of hydrogen-bond donors (Lipinski definition) is 2. The summed E-state index contributed by atoms with van der Waals surface area (Å²) < 4.78 is 10.5. The Morgan fingerprint density at radius 2 is 2.17 bits per heavy atom. The Morgan fingerprint density at radius 1 is 1.33 bits per heavy atom. The molecule has 0 saturated carbocycles. The van der Waals surface area contributed by atoms with Crippen LogP contribution in [0.25, 0.3) is 0 Å². The SMILES string of the molecule is CCOCCOCC(O)CNCC1CCCCS1. The number of hydrogen-bond acceptors (Lipinski definition) is 5. The lowest BCUT2D eigenvalue weighted by Gasteiger charge is -2.22. The van der Waals surface area contributed by atoms with Crippen molar-refractivity contribution in [1.82, 2.24) is 5.32 Å². The van der Waals surface area contributed by atoms with E-state index in [1.54, 1.807) is 0 Å². The van der Waals surface area contributed by atoms with Gasteiger partial charge in [-0.1, -0.05) is 6.42 Å². The van der Waals surface area contributed by atoms with Crippen molar-refractivity contribution in [2.75, 3.05) is 45.3 Å². The molecule has 108 valence electrons. The van der Waals surface area contributed by atoms with Crippen LogP contribution >= 0.6 is 11.8 Å². The van der Waals surface area contributed by atoms with Crippen LogP contribution in [0, 0.1) is 0 Å². The number of ether oxygens (including phenoxy) is 2. The number of aliphatic hydroxyl groups excluding tert-OH is 1. The van der Waals surface area contributed by atoms with Crippen LogP contribution in [-0.4, -0.2) is 61.7 Å². The molecule has 0 aliphatic carbocycles. The van der Waals surface area contributed by atoms with Gasteiger partial charge in [0.25, 0.3) is 0 Å². The van der Waals surface area contributed by atoms with Gasteiger partial charge in [0.05, 0.1) is 25.9 Å². The molecular formula is C13H27NO3S. The highest BCUT2D eigenvalue weighted by atomic mass is 32.2. The van der Waals surface area contributed by atoms with Gasteiger partial charge >= 0.3 is 0 Å². The molecule has 5 heteroatoms. The molecule has 1 rings (SSSR count). The largest absolute Gasteiger partial charge is 0.389 e. The molecule has 0 aromatic carbocycles. The molecule has 2 unspecified atom stereocenters. The van der Waals surface area contributed by atoms with Crippen LogP contribution < -0.4 is 5.32 Å². The smallest absolute Gasteiger partial charge is 0.0897 e. The summed E-state index contributed by atoms with van der Waals surface area (Å²) in [7, 11) is 0. The van der Waals surface area contributed by atoms with Gasteiger partial charge in [-0.05, 0) is 25.5 Å². The topological polar surface area (TPSA) is 50.7 Å². The molecular weight excluding hydrogens is 250 g/mol. The predicted molar refractivity (Wildman–Crippen MR) is 76.3 cm³/mol. The fourth-order valence-electron chi connectivity index (χ4n) is 1.92. The van der Waals surface area contributed by atoms with Crippen LogP contribution in [0.5, 0.6) is 0 Å². The Labute approximate surface area is 115 Å². The molecule has 1 aliphatic heterocycles. The molecule has 1 heterocycles. The second kappa shape index (κ2) is 11.1. The maximum Gasteiger partial charge on any atom is 0.0897 e. The summed E-state index contributed by atoms with van der Waals surface area (Å²) in [6, 6.07) is 0. The Hall–Kier alpha value is 0.190. The van der Waals surface area contributed by atoms with Crippen molar-refractivity contribution >= 4 is 11.8 Å². The molecule has 0 spiro atoms. The number of aliphatic hydroxyl groups is 1. The Morgan fingerprint density at radius 3 is 2.89 bits per heavy atom. The normalized spacial score (nSPS) is 22.0. The minimum Gasteiger partial charge on any atom is -0.389 e. The first-order valence-electron chi connectivity index (χ1n) is 6.98. The van der Waals surface area contributed by atoms with E-state index < -0.39 is 6.10 Å². The lowest BCUT2D eigenvalue weighted by molar-refractivity contribution is 0.00657. The van der Waals surface area contributed by atoms with E-state index in [0.29, 0.717) is 33.0 Å². The fraction of sp³-hybridized carbons (Fsp3) is 1.00. The van der Waals surface area contributed by atoms with Crippen molar-refractivity contribution in [2.24, 2.45) is 0 Å². The van der Waals surface area contributed by atoms with E-state index in [0.717, 1.165) is 11.8 Å². The van der Waals surface area contributed by atoms with Crippen LogP contribution in [0.1, 0.15) is 26.2 Å². The second-order valence-electron chi connectivity index (χ2n) is 4.57. The summed E-state index contributed by atoms with van der Waals surface area (Å²) in [4.78, 5) is 0. The molecule has 0 amide bonds. The first kappa shape index (κ1) is 16.2. The van der Waals surface area contributed by atoms with Crippen LogP contribution in [0.15, 0.2) is 0 Å². The Bertz CT molecular complexity index is 189. The average Bonchev–Trinajstić information content (AvgIpc) is 2.40. The van der Waals surface area contributed by atoms with Crippen molar-refractivity contribution in [1.29, 1.82) is 0 Å². The molecule has 1 aliphatic rings. The fourth-order valence-corrected chi connectivity index (χ4v) is 3.19. The Kier molecular flexibility index (Phi) is 9.98. The third-order valence-electron chi connectivity index (χ3n) is 2.91. The molecule has 1 fully saturated rings. The van der Waals surface area contributed by atoms with Gasteiger partial charge in [0, 0.05) is 24.9 Å². The molecule has 0 aromatic rings. The lowest BCUT2D eigenvalue weighted by atomic mass is 10.2. The molecule has 0 aromatic heterocycles. The first-order chi connectivity index (χ1) is 8.83. The van der Waals surface area contributed by atoms with Gasteiger partial charge in [0.1, 0.15) is 0 Å². The summed E-state index contributed by atoms with van der Waals surface area (Å²) >= 11 is 2.05. The standard InChI is InChI=1S/C13H27NO3S/c1-2-16-6-7-17-11-12(15)9-14-10-13-5-3-4-8-18-13/h12-15H,2-11H2,1H3. The van der Waals surface area contributed by atoms with E-state index >= 15 is 0 Å². The monoisotopic (exact) mass is 277 g/mol. The molecule has 0 radical (unpaired) electrons. The maximum absolute atomic E-state index is 9.70. The van der Waals surface area contributed by atoms with Gasteiger partial charge in [-0.15, -0.1) is 0 Å². The van der Waals surface area contributed by atoms with E-state index in [1.807, 2.05) is 18.7 Å². The van der Waals surface area contributed by atoms with Crippen LogP contribution in [0.2, 0.25) is 0 Å². The predicted octanol–water partition coefficient (Wildman–Crippen LogP) is 1.28. The van der Waals surface area contributed by atoms with Crippen LogP contribution in [0.4, 0.5) is 0 Å². The van der Waals surface area contributed by atoms with Crippen molar-refractivity contribution in [2.45, 2.75) is 37.5 Å². The summed E-state index contributed by atoms with van der Waals surface area (Å²) in [5.41, 5.74) is 0. The zero-order valence-corrected chi connectivity index (χ0v) is 12.2. The molecule has 2 N–H and O–H groups in total. The third kappa shape index (κ3) is 8.32. The van der Waals surface area contributed by atoms with Gasteiger partial charge < -0.3 is 19.9 Å². The molecule has 4 nitrogen and oxygen atoms in total. The zero-order chi connectivity index (χ0) is 13.1. The van der Waals surface area contributed by atoms with Crippen molar-refractivity contribution in [3.63, 3.8) is 0 Å². The van der Waals surface area contributed by atoms with Gasteiger partial charge in [-0.25, -0.2) is 0 Å². The average molecular weight is 277 g/mol.